The summed E-state index contributed by atoms with van der Waals surface area (Å²) in [7, 11) is 4.85. The molecular weight excluding hydrogens is 438 g/mol. The molecule has 1 aliphatic heterocycles. The van der Waals surface area contributed by atoms with Crippen molar-refractivity contribution in [3.8, 4) is 28.5 Å². The number of aromatic nitrogens is 1. The lowest BCUT2D eigenvalue weighted by Gasteiger charge is -2.34. The third-order valence-corrected chi connectivity index (χ3v) is 6.23. The topological polar surface area (TPSA) is 47.1 Å². The molecule has 0 spiro atoms. The first-order valence-electron chi connectivity index (χ1n) is 11.0. The van der Waals surface area contributed by atoms with Gasteiger partial charge in [0.1, 0.15) is 0 Å². The monoisotopic (exact) mass is 467 g/mol. The molecule has 174 valence electrons. The minimum absolute atomic E-state index is 0.580. The van der Waals surface area contributed by atoms with E-state index < -0.39 is 0 Å². The summed E-state index contributed by atoms with van der Waals surface area (Å²) < 4.78 is 16.4. The predicted octanol–water partition coefficient (Wildman–Crippen LogP) is 4.75. The third-order valence-electron chi connectivity index (χ3n) is 5.98. The molecule has 0 unspecified atom stereocenters. The van der Waals surface area contributed by atoms with Crippen LogP contribution in [0.2, 0.25) is 5.02 Å². The van der Waals surface area contributed by atoms with Gasteiger partial charge in [0.05, 0.1) is 27.0 Å². The first-order chi connectivity index (χ1) is 16.1. The van der Waals surface area contributed by atoms with E-state index in [1.807, 2.05) is 30.5 Å². The van der Waals surface area contributed by atoms with Crippen LogP contribution < -0.4 is 14.2 Å². The molecule has 0 N–H and O–H groups in total. The number of piperazine rings is 1. The van der Waals surface area contributed by atoms with E-state index in [9.17, 15) is 0 Å². The Kier molecular flexibility index (Phi) is 7.70. The molecule has 1 saturated heterocycles. The van der Waals surface area contributed by atoms with Gasteiger partial charge in [-0.2, -0.15) is 0 Å². The highest BCUT2D eigenvalue weighted by molar-refractivity contribution is 6.30. The zero-order valence-electron chi connectivity index (χ0n) is 19.4. The molecule has 1 aliphatic rings. The highest BCUT2D eigenvalue weighted by Crippen LogP contribution is 2.40. The van der Waals surface area contributed by atoms with E-state index in [1.54, 1.807) is 21.3 Å². The smallest absolute Gasteiger partial charge is 0.203 e. The highest BCUT2D eigenvalue weighted by Gasteiger charge is 2.18. The van der Waals surface area contributed by atoms with Crippen molar-refractivity contribution in [1.82, 2.24) is 14.8 Å². The van der Waals surface area contributed by atoms with Crippen LogP contribution in [0, 0.1) is 0 Å². The van der Waals surface area contributed by atoms with Crippen LogP contribution >= 0.6 is 11.6 Å². The molecule has 0 saturated carbocycles. The summed E-state index contributed by atoms with van der Waals surface area (Å²) >= 11 is 6.00. The third kappa shape index (κ3) is 5.77. The van der Waals surface area contributed by atoms with Crippen LogP contribution in [0.4, 0.5) is 0 Å². The normalized spacial score (nSPS) is 14.8. The molecule has 6 nitrogen and oxygen atoms in total. The van der Waals surface area contributed by atoms with Crippen molar-refractivity contribution in [3.63, 3.8) is 0 Å². The molecule has 1 aromatic heterocycles. The highest BCUT2D eigenvalue weighted by atomic mass is 35.5. The van der Waals surface area contributed by atoms with E-state index in [4.69, 9.17) is 25.8 Å². The summed E-state index contributed by atoms with van der Waals surface area (Å²) in [6, 6.07) is 16.2. The molecule has 0 amide bonds. The van der Waals surface area contributed by atoms with Gasteiger partial charge in [0.2, 0.25) is 5.75 Å². The lowest BCUT2D eigenvalue weighted by molar-refractivity contribution is 0.122. The number of hydrogen-bond acceptors (Lipinski definition) is 6. The van der Waals surface area contributed by atoms with Gasteiger partial charge in [0.15, 0.2) is 11.5 Å². The van der Waals surface area contributed by atoms with Gasteiger partial charge in [-0.25, -0.2) is 0 Å². The minimum atomic E-state index is 0.580. The summed E-state index contributed by atoms with van der Waals surface area (Å²) in [4.78, 5) is 9.57. The van der Waals surface area contributed by atoms with Gasteiger partial charge in [-0.05, 0) is 47.5 Å². The van der Waals surface area contributed by atoms with Gasteiger partial charge in [-0.1, -0.05) is 23.7 Å². The van der Waals surface area contributed by atoms with Crippen LogP contribution in [0.3, 0.4) is 0 Å². The SMILES string of the molecule is COc1cc(-c2cc(CN3CCN(Cc4ccc(Cl)cc4)CC3)ccn2)cc(OC)c1OC. The van der Waals surface area contributed by atoms with E-state index in [2.05, 4.69) is 39.0 Å². The van der Waals surface area contributed by atoms with Crippen molar-refractivity contribution in [3.05, 3.63) is 70.9 Å². The maximum atomic E-state index is 6.00. The summed E-state index contributed by atoms with van der Waals surface area (Å²) in [5.74, 6) is 1.82. The molecule has 7 heteroatoms. The van der Waals surface area contributed by atoms with Crippen LogP contribution in [0.1, 0.15) is 11.1 Å². The fourth-order valence-corrected chi connectivity index (χ4v) is 4.30. The molecule has 4 rings (SSSR count). The zero-order valence-corrected chi connectivity index (χ0v) is 20.1. The van der Waals surface area contributed by atoms with Crippen LogP contribution in [0.5, 0.6) is 17.2 Å². The molecule has 3 aromatic rings. The van der Waals surface area contributed by atoms with Gasteiger partial charge in [-0.15, -0.1) is 0 Å². The lowest BCUT2D eigenvalue weighted by atomic mass is 10.1. The second kappa shape index (κ2) is 10.9. The van der Waals surface area contributed by atoms with E-state index in [0.29, 0.717) is 17.2 Å². The molecule has 0 radical (unpaired) electrons. The van der Waals surface area contributed by atoms with Gasteiger partial charge < -0.3 is 14.2 Å². The van der Waals surface area contributed by atoms with Gasteiger partial charge in [-0.3, -0.25) is 14.8 Å². The van der Waals surface area contributed by atoms with Crippen molar-refractivity contribution in [2.75, 3.05) is 47.5 Å². The van der Waals surface area contributed by atoms with E-state index >= 15 is 0 Å². The van der Waals surface area contributed by atoms with Crippen LogP contribution in [-0.2, 0) is 13.1 Å². The predicted molar refractivity (Wildman–Crippen MR) is 131 cm³/mol. The average molecular weight is 468 g/mol. The van der Waals surface area contributed by atoms with Gasteiger partial charge in [0, 0.05) is 56.1 Å². The Bertz CT molecular complexity index is 1040. The fraction of sp³-hybridized carbons (Fsp3) is 0.346. The maximum Gasteiger partial charge on any atom is 0.203 e. The molecule has 33 heavy (non-hydrogen) atoms. The number of halogens is 1. The van der Waals surface area contributed by atoms with Crippen molar-refractivity contribution in [2.45, 2.75) is 13.1 Å². The molecule has 2 heterocycles. The van der Waals surface area contributed by atoms with Crippen LogP contribution in [-0.4, -0.2) is 62.3 Å². The Morgan fingerprint density at radius 3 is 1.88 bits per heavy atom. The molecule has 1 fully saturated rings. The minimum Gasteiger partial charge on any atom is -0.493 e. The number of benzene rings is 2. The standard InChI is InChI=1S/C26H30ClN3O3/c1-31-24-15-21(16-25(32-2)26(24)33-3)23-14-20(8-9-28-23)18-30-12-10-29(11-13-30)17-19-4-6-22(27)7-5-19/h4-9,14-16H,10-13,17-18H2,1-3H3. The number of hydrogen-bond donors (Lipinski definition) is 0. The fourth-order valence-electron chi connectivity index (χ4n) is 4.17. The molecular formula is C26H30ClN3O3. The Hall–Kier alpha value is -2.80. The molecule has 0 atom stereocenters. The van der Waals surface area contributed by atoms with Gasteiger partial charge >= 0.3 is 0 Å². The van der Waals surface area contributed by atoms with Crippen molar-refractivity contribution in [1.29, 1.82) is 0 Å². The Morgan fingerprint density at radius 1 is 0.758 bits per heavy atom. The zero-order chi connectivity index (χ0) is 23.2. The summed E-state index contributed by atoms with van der Waals surface area (Å²) in [6.07, 6.45) is 1.87. The van der Waals surface area contributed by atoms with Crippen LogP contribution in [0.15, 0.2) is 54.7 Å². The summed E-state index contributed by atoms with van der Waals surface area (Å²) in [5.41, 5.74) is 4.35. The Labute approximate surface area is 200 Å². The van der Waals surface area contributed by atoms with Crippen molar-refractivity contribution < 1.29 is 14.2 Å². The molecule has 2 aromatic carbocycles. The first kappa shape index (κ1) is 23.4. The number of ether oxygens (including phenoxy) is 3. The molecule has 0 aliphatic carbocycles. The number of rotatable bonds is 8. The maximum absolute atomic E-state index is 6.00. The van der Waals surface area contributed by atoms with Crippen molar-refractivity contribution in [2.24, 2.45) is 0 Å². The number of pyridine rings is 1. The Morgan fingerprint density at radius 2 is 1.33 bits per heavy atom. The quantitative estimate of drug-likeness (QED) is 0.476. The number of methoxy groups -OCH3 is 3. The summed E-state index contributed by atoms with van der Waals surface area (Å²) in [6.45, 7) is 6.03. The first-order valence-corrected chi connectivity index (χ1v) is 11.4. The van der Waals surface area contributed by atoms with Crippen molar-refractivity contribution >= 4 is 11.6 Å². The Balaban J connectivity index is 1.40. The largest absolute Gasteiger partial charge is 0.493 e. The average Bonchev–Trinajstić information content (AvgIpc) is 2.85. The molecule has 0 bridgehead atoms. The van der Waals surface area contributed by atoms with Gasteiger partial charge in [0.25, 0.3) is 0 Å². The van der Waals surface area contributed by atoms with E-state index in [-0.39, 0.29) is 0 Å². The second-order valence-electron chi connectivity index (χ2n) is 8.14. The number of nitrogens with zero attached hydrogens (tertiary/aromatic N) is 3. The second-order valence-corrected chi connectivity index (χ2v) is 8.58. The lowest BCUT2D eigenvalue weighted by Crippen LogP contribution is -2.45. The van der Waals surface area contributed by atoms with Crippen LogP contribution in [0.25, 0.3) is 11.3 Å². The van der Waals surface area contributed by atoms with E-state index in [0.717, 1.165) is 55.5 Å². The van der Waals surface area contributed by atoms with E-state index in [1.165, 1.54) is 11.1 Å². The summed E-state index contributed by atoms with van der Waals surface area (Å²) in [5, 5.41) is 0.784.